The van der Waals surface area contributed by atoms with Crippen LogP contribution in [0.15, 0.2) is 24.3 Å². The summed E-state index contributed by atoms with van der Waals surface area (Å²) in [6.45, 7) is 1.03. The molecule has 1 rings (SSSR count). The van der Waals surface area contributed by atoms with E-state index in [1.54, 1.807) is 24.3 Å². The van der Waals surface area contributed by atoms with E-state index in [2.05, 4.69) is 4.72 Å². The second kappa shape index (κ2) is 4.96. The quantitative estimate of drug-likeness (QED) is 0.815. The minimum Gasteiger partial charge on any atom is -0.392 e. The smallest absolute Gasteiger partial charge is 0.248 e. The van der Waals surface area contributed by atoms with Gasteiger partial charge in [-0.3, -0.25) is 4.72 Å². The van der Waals surface area contributed by atoms with Crippen LogP contribution in [0, 0.1) is 11.3 Å². The molecule has 0 spiro atoms. The van der Waals surface area contributed by atoms with Crippen molar-refractivity contribution in [1.29, 1.82) is 5.26 Å². The molecular formula is C10H12N2O3S. The maximum Gasteiger partial charge on any atom is 0.248 e. The molecule has 1 atom stereocenters. The molecule has 16 heavy (non-hydrogen) atoms. The van der Waals surface area contributed by atoms with Crippen molar-refractivity contribution in [3.05, 3.63) is 29.8 Å². The Morgan fingerprint density at radius 3 is 2.69 bits per heavy atom. The van der Waals surface area contributed by atoms with Crippen molar-refractivity contribution in [2.24, 2.45) is 0 Å². The number of anilines is 1. The van der Waals surface area contributed by atoms with Gasteiger partial charge in [0.1, 0.15) is 0 Å². The number of hydrogen-bond donors (Lipinski definition) is 2. The van der Waals surface area contributed by atoms with E-state index in [-0.39, 0.29) is 6.61 Å². The van der Waals surface area contributed by atoms with Gasteiger partial charge in [0.15, 0.2) is 5.25 Å². The van der Waals surface area contributed by atoms with Gasteiger partial charge in [0.05, 0.1) is 18.4 Å². The van der Waals surface area contributed by atoms with Gasteiger partial charge in [0.2, 0.25) is 10.0 Å². The Balaban J connectivity index is 3.02. The number of benzene rings is 1. The van der Waals surface area contributed by atoms with Gasteiger partial charge in [-0.25, -0.2) is 8.42 Å². The first-order valence-corrected chi connectivity index (χ1v) is 6.16. The number of sulfonamides is 1. The van der Waals surface area contributed by atoms with E-state index in [9.17, 15) is 8.42 Å². The van der Waals surface area contributed by atoms with Gasteiger partial charge in [0.25, 0.3) is 0 Å². The first-order valence-electron chi connectivity index (χ1n) is 4.61. The number of nitriles is 1. The largest absolute Gasteiger partial charge is 0.392 e. The minimum absolute atomic E-state index is 0.264. The van der Waals surface area contributed by atoms with Crippen LogP contribution in [0.25, 0.3) is 0 Å². The van der Waals surface area contributed by atoms with Crippen molar-refractivity contribution < 1.29 is 13.5 Å². The second-order valence-electron chi connectivity index (χ2n) is 3.23. The number of rotatable bonds is 4. The summed E-state index contributed by atoms with van der Waals surface area (Å²) in [5.74, 6) is 0. The number of hydrogen-bond acceptors (Lipinski definition) is 4. The maximum atomic E-state index is 11.6. The lowest BCUT2D eigenvalue weighted by Crippen LogP contribution is -2.24. The molecule has 0 saturated heterocycles. The zero-order valence-electron chi connectivity index (χ0n) is 8.71. The van der Waals surface area contributed by atoms with Gasteiger partial charge in [-0.15, -0.1) is 0 Å². The molecule has 1 aromatic rings. The Morgan fingerprint density at radius 2 is 2.12 bits per heavy atom. The number of aliphatic hydroxyl groups excluding tert-OH is 1. The molecule has 0 radical (unpaired) electrons. The van der Waals surface area contributed by atoms with Gasteiger partial charge in [-0.05, 0) is 13.0 Å². The van der Waals surface area contributed by atoms with Crippen LogP contribution in [0.2, 0.25) is 0 Å². The van der Waals surface area contributed by atoms with Gasteiger partial charge >= 0.3 is 0 Å². The lowest BCUT2D eigenvalue weighted by atomic mass is 10.2. The topological polar surface area (TPSA) is 90.2 Å². The van der Waals surface area contributed by atoms with Crippen LogP contribution in [0.5, 0.6) is 0 Å². The van der Waals surface area contributed by atoms with E-state index in [1.165, 1.54) is 13.0 Å². The molecule has 0 aromatic heterocycles. The Bertz CT molecular complexity index is 505. The van der Waals surface area contributed by atoms with Crippen molar-refractivity contribution in [3.8, 4) is 6.07 Å². The van der Waals surface area contributed by atoms with Crippen molar-refractivity contribution in [1.82, 2.24) is 0 Å². The van der Waals surface area contributed by atoms with Crippen molar-refractivity contribution >= 4 is 15.7 Å². The molecule has 0 saturated carbocycles. The van der Waals surface area contributed by atoms with E-state index >= 15 is 0 Å². The van der Waals surface area contributed by atoms with Crippen LogP contribution in [-0.2, 0) is 16.6 Å². The number of para-hydroxylation sites is 1. The first kappa shape index (κ1) is 12.5. The van der Waals surface area contributed by atoms with Crippen molar-refractivity contribution in [3.63, 3.8) is 0 Å². The molecule has 5 nitrogen and oxygen atoms in total. The van der Waals surface area contributed by atoms with Crippen LogP contribution in [0.4, 0.5) is 5.69 Å². The molecule has 1 unspecified atom stereocenters. The Kier molecular flexibility index (Phi) is 3.88. The van der Waals surface area contributed by atoms with Crippen LogP contribution >= 0.6 is 0 Å². The SMILES string of the molecule is CC(C#N)S(=O)(=O)Nc1ccccc1CO. The highest BCUT2D eigenvalue weighted by molar-refractivity contribution is 7.93. The predicted molar refractivity (Wildman–Crippen MR) is 60.0 cm³/mol. The van der Waals surface area contributed by atoms with Gasteiger partial charge in [-0.1, -0.05) is 18.2 Å². The predicted octanol–water partition coefficient (Wildman–Crippen LogP) is 0.833. The van der Waals surface area contributed by atoms with Crippen LogP contribution in [0.1, 0.15) is 12.5 Å². The third-order valence-electron chi connectivity index (χ3n) is 2.09. The average molecular weight is 240 g/mol. The van der Waals surface area contributed by atoms with E-state index < -0.39 is 15.3 Å². The zero-order valence-corrected chi connectivity index (χ0v) is 9.53. The lowest BCUT2D eigenvalue weighted by Gasteiger charge is -2.11. The van der Waals surface area contributed by atoms with E-state index in [1.807, 2.05) is 0 Å². The highest BCUT2D eigenvalue weighted by atomic mass is 32.2. The summed E-state index contributed by atoms with van der Waals surface area (Å²) in [7, 11) is -3.72. The summed E-state index contributed by atoms with van der Waals surface area (Å²) in [6.07, 6.45) is 0. The molecule has 1 aromatic carbocycles. The fourth-order valence-corrected chi connectivity index (χ4v) is 1.89. The standard InChI is InChI=1S/C10H12N2O3S/c1-8(6-11)16(14,15)12-10-5-3-2-4-9(10)7-13/h2-5,8,12-13H,7H2,1H3. The molecule has 86 valence electrons. The summed E-state index contributed by atoms with van der Waals surface area (Å²) < 4.78 is 25.4. The lowest BCUT2D eigenvalue weighted by molar-refractivity contribution is 0.282. The Labute approximate surface area is 94.4 Å². The summed E-state index contributed by atoms with van der Waals surface area (Å²) in [6, 6.07) is 8.13. The van der Waals surface area contributed by atoms with Crippen molar-refractivity contribution in [2.45, 2.75) is 18.8 Å². The first-order chi connectivity index (χ1) is 7.51. The third-order valence-corrected chi connectivity index (χ3v) is 3.63. The third kappa shape index (κ3) is 2.72. The van der Waals surface area contributed by atoms with E-state index in [0.29, 0.717) is 11.3 Å². The average Bonchev–Trinajstić information content (AvgIpc) is 2.28. The molecule has 0 heterocycles. The molecule has 0 aliphatic heterocycles. The Morgan fingerprint density at radius 1 is 1.50 bits per heavy atom. The summed E-state index contributed by atoms with van der Waals surface area (Å²) in [4.78, 5) is 0. The van der Waals surface area contributed by atoms with Crippen LogP contribution < -0.4 is 4.72 Å². The Hall–Kier alpha value is -1.58. The minimum atomic E-state index is -3.72. The van der Waals surface area contributed by atoms with Crippen molar-refractivity contribution in [2.75, 3.05) is 4.72 Å². The fourth-order valence-electron chi connectivity index (χ4n) is 1.07. The molecule has 0 bridgehead atoms. The summed E-state index contributed by atoms with van der Waals surface area (Å²) in [5.41, 5.74) is 0.767. The summed E-state index contributed by atoms with van der Waals surface area (Å²) in [5, 5.41) is 16.4. The molecule has 2 N–H and O–H groups in total. The number of nitrogens with zero attached hydrogens (tertiary/aromatic N) is 1. The van der Waals surface area contributed by atoms with Gasteiger partial charge in [0, 0.05) is 5.56 Å². The highest BCUT2D eigenvalue weighted by Crippen LogP contribution is 2.17. The highest BCUT2D eigenvalue weighted by Gasteiger charge is 2.20. The molecule has 0 fully saturated rings. The number of nitrogens with one attached hydrogen (secondary N) is 1. The van der Waals surface area contributed by atoms with Crippen LogP contribution in [-0.4, -0.2) is 18.8 Å². The molecular weight excluding hydrogens is 228 g/mol. The second-order valence-corrected chi connectivity index (χ2v) is 5.23. The normalized spacial score (nSPS) is 12.8. The molecule has 0 aliphatic rings. The maximum absolute atomic E-state index is 11.6. The summed E-state index contributed by atoms with van der Waals surface area (Å²) >= 11 is 0. The molecule has 0 amide bonds. The fraction of sp³-hybridized carbons (Fsp3) is 0.300. The monoisotopic (exact) mass is 240 g/mol. The number of aliphatic hydroxyl groups is 1. The molecule has 0 aliphatic carbocycles. The van der Waals surface area contributed by atoms with E-state index in [0.717, 1.165) is 0 Å². The molecule has 6 heteroatoms. The van der Waals surface area contributed by atoms with Gasteiger partial charge < -0.3 is 5.11 Å². The zero-order chi connectivity index (χ0) is 12.2. The van der Waals surface area contributed by atoms with Crippen LogP contribution in [0.3, 0.4) is 0 Å². The van der Waals surface area contributed by atoms with E-state index in [4.69, 9.17) is 10.4 Å². The van der Waals surface area contributed by atoms with Gasteiger partial charge in [-0.2, -0.15) is 5.26 Å².